The molecule has 4 rings (SSSR count). The highest BCUT2D eigenvalue weighted by molar-refractivity contribution is 6.23. The van der Waals surface area contributed by atoms with Gasteiger partial charge in [0.05, 0.1) is 12.0 Å². The van der Waals surface area contributed by atoms with Crippen molar-refractivity contribution in [3.05, 3.63) is 95.6 Å². The minimum atomic E-state index is -1.10. The molecule has 6 heteroatoms. The van der Waals surface area contributed by atoms with Gasteiger partial charge in [0.1, 0.15) is 6.61 Å². The second-order valence-corrected chi connectivity index (χ2v) is 9.21. The molecule has 1 saturated carbocycles. The van der Waals surface area contributed by atoms with E-state index in [1.165, 1.54) is 0 Å². The zero-order valence-electron chi connectivity index (χ0n) is 21.4. The minimum Gasteiger partial charge on any atom is -0.465 e. The molecular weight excluding hydrogens is 466 g/mol. The molecule has 1 fully saturated rings. The average Bonchev–Trinajstić information content (AvgIpc) is 3.75. The normalized spacial score (nSPS) is 14.9. The number of nitrogens with zero attached hydrogens (tertiary/aromatic N) is 1. The van der Waals surface area contributed by atoms with E-state index >= 15 is 0 Å². The van der Waals surface area contributed by atoms with Gasteiger partial charge in [-0.2, -0.15) is 0 Å². The van der Waals surface area contributed by atoms with Crippen LogP contribution in [0.15, 0.2) is 83.9 Å². The minimum absolute atomic E-state index is 0.0901. The molecule has 1 atom stereocenters. The number of ether oxygens (including phenoxy) is 2. The Morgan fingerprint density at radius 1 is 0.865 bits per heavy atom. The number of Topliss-reactive ketones (excluding diaryl/α,β-unsaturated/α-hetero) is 1. The molecule has 1 aliphatic carbocycles. The lowest BCUT2D eigenvalue weighted by atomic mass is 9.91. The lowest BCUT2D eigenvalue weighted by Crippen LogP contribution is -2.32. The largest absolute Gasteiger partial charge is 0.465 e. The highest BCUT2D eigenvalue weighted by atomic mass is 16.5. The standard InChI is InChI=1S/C31H31NO5/c1-4-36-30(35)31(18-19-31)26-16-14-24(15-17-26)23-10-12-25(13-11-23)28(33)27(21(2)32-3)29(34)37-20-22-8-6-5-7-9-22/h5-17,27H,4,18-20H2,1-3H3. The van der Waals surface area contributed by atoms with E-state index in [2.05, 4.69) is 4.99 Å². The smallest absolute Gasteiger partial charge is 0.322 e. The Kier molecular flexibility index (Phi) is 7.97. The van der Waals surface area contributed by atoms with Crippen molar-refractivity contribution in [1.82, 2.24) is 0 Å². The summed E-state index contributed by atoms with van der Waals surface area (Å²) in [5.74, 6) is -2.23. The van der Waals surface area contributed by atoms with Crippen molar-refractivity contribution in [1.29, 1.82) is 0 Å². The fourth-order valence-corrected chi connectivity index (χ4v) is 4.39. The van der Waals surface area contributed by atoms with Gasteiger partial charge in [0.15, 0.2) is 11.7 Å². The molecule has 6 nitrogen and oxygen atoms in total. The highest BCUT2D eigenvalue weighted by Gasteiger charge is 2.52. The fourth-order valence-electron chi connectivity index (χ4n) is 4.39. The third kappa shape index (κ3) is 5.69. The second-order valence-electron chi connectivity index (χ2n) is 9.21. The van der Waals surface area contributed by atoms with E-state index < -0.39 is 17.3 Å². The molecule has 0 radical (unpaired) electrons. The summed E-state index contributed by atoms with van der Waals surface area (Å²) in [6, 6.07) is 24.4. The first kappa shape index (κ1) is 26.0. The van der Waals surface area contributed by atoms with E-state index in [0.717, 1.165) is 35.1 Å². The quantitative estimate of drug-likeness (QED) is 0.158. The number of aliphatic imine (C=N–C) groups is 1. The molecule has 0 spiro atoms. The molecule has 3 aromatic rings. The van der Waals surface area contributed by atoms with Crippen molar-refractivity contribution in [3.8, 4) is 11.1 Å². The van der Waals surface area contributed by atoms with Gasteiger partial charge in [0, 0.05) is 18.3 Å². The summed E-state index contributed by atoms with van der Waals surface area (Å²) in [5.41, 5.74) is 4.00. The number of esters is 2. The SMILES string of the molecule is CCOC(=O)C1(c2ccc(-c3ccc(C(=O)C(C(=O)OCc4ccccc4)C(C)=NC)cc3)cc2)CC1. The van der Waals surface area contributed by atoms with E-state index in [1.54, 1.807) is 26.1 Å². The molecule has 0 aliphatic heterocycles. The maximum absolute atomic E-state index is 13.3. The number of carbonyl (C=O) groups excluding carboxylic acids is 3. The van der Waals surface area contributed by atoms with Gasteiger partial charge in [-0.1, -0.05) is 78.9 Å². The van der Waals surface area contributed by atoms with Gasteiger partial charge < -0.3 is 9.47 Å². The second kappa shape index (κ2) is 11.3. The van der Waals surface area contributed by atoms with E-state index in [-0.39, 0.29) is 18.4 Å². The molecule has 0 bridgehead atoms. The maximum atomic E-state index is 13.3. The van der Waals surface area contributed by atoms with Crippen molar-refractivity contribution in [3.63, 3.8) is 0 Å². The summed E-state index contributed by atoms with van der Waals surface area (Å²) in [5, 5.41) is 0. The molecule has 0 N–H and O–H groups in total. The number of carbonyl (C=O) groups is 3. The van der Waals surface area contributed by atoms with E-state index in [0.29, 0.717) is 17.9 Å². The number of rotatable bonds is 10. The Labute approximate surface area is 217 Å². The first-order valence-corrected chi connectivity index (χ1v) is 12.5. The van der Waals surface area contributed by atoms with Crippen molar-refractivity contribution in [2.24, 2.45) is 10.9 Å². The Bertz CT molecular complexity index is 1290. The van der Waals surface area contributed by atoms with Crippen LogP contribution < -0.4 is 0 Å². The average molecular weight is 498 g/mol. The maximum Gasteiger partial charge on any atom is 0.322 e. The van der Waals surface area contributed by atoms with Crippen LogP contribution in [-0.4, -0.2) is 37.1 Å². The van der Waals surface area contributed by atoms with Gasteiger partial charge in [-0.25, -0.2) is 0 Å². The van der Waals surface area contributed by atoms with E-state index in [1.807, 2.05) is 73.7 Å². The predicted molar refractivity (Wildman–Crippen MR) is 143 cm³/mol. The molecule has 0 heterocycles. The predicted octanol–water partition coefficient (Wildman–Crippen LogP) is 5.58. The van der Waals surface area contributed by atoms with Crippen LogP contribution in [0.3, 0.4) is 0 Å². The summed E-state index contributed by atoms with van der Waals surface area (Å²) >= 11 is 0. The summed E-state index contributed by atoms with van der Waals surface area (Å²) in [4.78, 5) is 42.6. The van der Waals surface area contributed by atoms with Crippen LogP contribution in [-0.2, 0) is 31.1 Å². The molecule has 1 aliphatic rings. The first-order valence-electron chi connectivity index (χ1n) is 12.5. The topological polar surface area (TPSA) is 82.0 Å². The van der Waals surface area contributed by atoms with Gasteiger partial charge >= 0.3 is 11.9 Å². The zero-order chi connectivity index (χ0) is 26.4. The molecule has 37 heavy (non-hydrogen) atoms. The van der Waals surface area contributed by atoms with Crippen molar-refractivity contribution < 1.29 is 23.9 Å². The number of benzene rings is 3. The van der Waals surface area contributed by atoms with Gasteiger partial charge in [0.2, 0.25) is 0 Å². The highest BCUT2D eigenvalue weighted by Crippen LogP contribution is 2.49. The molecule has 0 aromatic heterocycles. The van der Waals surface area contributed by atoms with Gasteiger partial charge in [-0.05, 0) is 48.9 Å². The van der Waals surface area contributed by atoms with Gasteiger partial charge in [-0.3, -0.25) is 19.4 Å². The van der Waals surface area contributed by atoms with Crippen molar-refractivity contribution >= 4 is 23.4 Å². The zero-order valence-corrected chi connectivity index (χ0v) is 21.4. The van der Waals surface area contributed by atoms with Crippen LogP contribution in [0.25, 0.3) is 11.1 Å². The Hall–Kier alpha value is -4.06. The monoisotopic (exact) mass is 497 g/mol. The number of hydrogen-bond acceptors (Lipinski definition) is 6. The van der Waals surface area contributed by atoms with Crippen LogP contribution in [0, 0.1) is 5.92 Å². The van der Waals surface area contributed by atoms with E-state index in [4.69, 9.17) is 9.47 Å². The summed E-state index contributed by atoms with van der Waals surface area (Å²) in [7, 11) is 1.56. The van der Waals surface area contributed by atoms with Crippen LogP contribution >= 0.6 is 0 Å². The van der Waals surface area contributed by atoms with Crippen LogP contribution in [0.2, 0.25) is 0 Å². The third-order valence-corrected chi connectivity index (χ3v) is 6.85. The Morgan fingerprint density at radius 2 is 1.46 bits per heavy atom. The van der Waals surface area contributed by atoms with E-state index in [9.17, 15) is 14.4 Å². The lowest BCUT2D eigenvalue weighted by molar-refractivity contribution is -0.147. The third-order valence-electron chi connectivity index (χ3n) is 6.85. The summed E-state index contributed by atoms with van der Waals surface area (Å²) < 4.78 is 10.7. The fraction of sp³-hybridized carbons (Fsp3) is 0.290. The molecule has 190 valence electrons. The molecule has 0 saturated heterocycles. The van der Waals surface area contributed by atoms with Gasteiger partial charge in [-0.15, -0.1) is 0 Å². The molecule has 0 amide bonds. The van der Waals surface area contributed by atoms with Crippen LogP contribution in [0.4, 0.5) is 0 Å². The summed E-state index contributed by atoms with van der Waals surface area (Å²) in [6.07, 6.45) is 1.61. The van der Waals surface area contributed by atoms with Crippen molar-refractivity contribution in [2.75, 3.05) is 13.7 Å². The summed E-state index contributed by atoms with van der Waals surface area (Å²) in [6.45, 7) is 3.94. The first-order chi connectivity index (χ1) is 17.9. The van der Waals surface area contributed by atoms with Gasteiger partial charge in [0.25, 0.3) is 0 Å². The Balaban J connectivity index is 1.47. The Morgan fingerprint density at radius 3 is 2.00 bits per heavy atom. The van der Waals surface area contributed by atoms with Crippen LogP contribution in [0.1, 0.15) is 48.2 Å². The molecular formula is C31H31NO5. The van der Waals surface area contributed by atoms with Crippen molar-refractivity contribution in [2.45, 2.75) is 38.7 Å². The molecule has 1 unspecified atom stereocenters. The molecule has 3 aromatic carbocycles. The van der Waals surface area contributed by atoms with Crippen LogP contribution in [0.5, 0.6) is 0 Å². The number of hydrogen-bond donors (Lipinski definition) is 0. The lowest BCUT2D eigenvalue weighted by Gasteiger charge is -2.16. The number of ketones is 1.